The van der Waals surface area contributed by atoms with Crippen molar-refractivity contribution in [3.8, 4) is 0 Å². The van der Waals surface area contributed by atoms with Crippen molar-refractivity contribution in [2.24, 2.45) is 28.2 Å². The van der Waals surface area contributed by atoms with E-state index in [-0.39, 0.29) is 24.0 Å². The predicted octanol–water partition coefficient (Wildman–Crippen LogP) is 3.58. The van der Waals surface area contributed by atoms with Crippen molar-refractivity contribution in [1.29, 1.82) is 0 Å². The van der Waals surface area contributed by atoms with E-state index in [0.717, 1.165) is 42.5 Å². The van der Waals surface area contributed by atoms with Crippen molar-refractivity contribution >= 4 is 29.9 Å². The minimum Gasteiger partial charge on any atom is -0.356 e. The zero-order valence-electron chi connectivity index (χ0n) is 14.5. The van der Waals surface area contributed by atoms with Crippen LogP contribution in [0.5, 0.6) is 0 Å². The Morgan fingerprint density at radius 1 is 1.12 bits per heavy atom. The number of guanidine groups is 1. The van der Waals surface area contributed by atoms with E-state index in [2.05, 4.69) is 20.6 Å². The van der Waals surface area contributed by atoms with Gasteiger partial charge in [-0.3, -0.25) is 9.98 Å². The molecule has 4 nitrogen and oxygen atoms in total. The first kappa shape index (κ1) is 18.0. The number of nitrogens with zero attached hydrogens (tertiary/aromatic N) is 2. The lowest BCUT2D eigenvalue weighted by molar-refractivity contribution is -0.0492. The van der Waals surface area contributed by atoms with Crippen molar-refractivity contribution in [2.45, 2.75) is 45.1 Å². The van der Waals surface area contributed by atoms with Gasteiger partial charge in [0.05, 0.1) is 12.2 Å². The molecule has 0 spiro atoms. The minimum atomic E-state index is 0. The molecule has 2 N–H and O–H groups in total. The Morgan fingerprint density at radius 2 is 1.79 bits per heavy atom. The molecule has 0 radical (unpaired) electrons. The molecule has 132 valence electrons. The van der Waals surface area contributed by atoms with Gasteiger partial charge in [0.25, 0.3) is 0 Å². The molecule has 4 fully saturated rings. The Hall–Kier alpha value is -0.850. The molecule has 0 aromatic carbocycles. The first-order valence-electron chi connectivity index (χ1n) is 9.09. The van der Waals surface area contributed by atoms with Crippen molar-refractivity contribution in [2.75, 3.05) is 13.6 Å². The maximum atomic E-state index is 4.39. The second-order valence-electron chi connectivity index (χ2n) is 8.02. The summed E-state index contributed by atoms with van der Waals surface area (Å²) in [6.45, 7) is 1.81. The van der Waals surface area contributed by atoms with Gasteiger partial charge in [0, 0.05) is 19.8 Å². The van der Waals surface area contributed by atoms with Gasteiger partial charge in [-0.1, -0.05) is 6.07 Å². The summed E-state index contributed by atoms with van der Waals surface area (Å²) in [6, 6.07) is 6.01. The quantitative estimate of drug-likeness (QED) is 0.428. The molecule has 0 unspecified atom stereocenters. The van der Waals surface area contributed by atoms with E-state index in [1.165, 1.54) is 38.5 Å². The van der Waals surface area contributed by atoms with Crippen molar-refractivity contribution in [3.63, 3.8) is 0 Å². The number of aromatic nitrogens is 1. The summed E-state index contributed by atoms with van der Waals surface area (Å²) < 4.78 is 0. The highest BCUT2D eigenvalue weighted by Gasteiger charge is 2.50. The Balaban J connectivity index is 0.00000169. The van der Waals surface area contributed by atoms with Crippen LogP contribution in [0.15, 0.2) is 29.4 Å². The Kier molecular flexibility index (Phi) is 5.67. The monoisotopic (exact) mass is 440 g/mol. The average molecular weight is 440 g/mol. The average Bonchev–Trinajstić information content (AvgIpc) is 2.55. The van der Waals surface area contributed by atoms with E-state index in [9.17, 15) is 0 Å². The molecule has 0 atom stereocenters. The molecule has 0 amide bonds. The Bertz CT molecular complexity index is 537. The smallest absolute Gasteiger partial charge is 0.191 e. The normalized spacial score (nSPS) is 33.9. The lowest BCUT2D eigenvalue weighted by atomic mass is 9.49. The van der Waals surface area contributed by atoms with E-state index >= 15 is 0 Å². The van der Waals surface area contributed by atoms with Crippen LogP contribution >= 0.6 is 24.0 Å². The van der Waals surface area contributed by atoms with Crippen molar-refractivity contribution < 1.29 is 0 Å². The number of hydrogen-bond donors (Lipinski definition) is 2. The van der Waals surface area contributed by atoms with Gasteiger partial charge in [-0.25, -0.2) is 0 Å². The van der Waals surface area contributed by atoms with Crippen LogP contribution in [0.4, 0.5) is 0 Å². The van der Waals surface area contributed by atoms with Gasteiger partial charge in [-0.2, -0.15) is 0 Å². The van der Waals surface area contributed by atoms with Crippen LogP contribution in [-0.4, -0.2) is 24.5 Å². The molecule has 4 bridgehead atoms. The molecule has 5 rings (SSSR count). The number of pyridine rings is 1. The zero-order valence-corrected chi connectivity index (χ0v) is 16.8. The van der Waals surface area contributed by atoms with E-state index in [1.807, 2.05) is 31.4 Å². The van der Waals surface area contributed by atoms with Crippen LogP contribution in [0.3, 0.4) is 0 Å². The fraction of sp³-hybridized carbons (Fsp3) is 0.684. The summed E-state index contributed by atoms with van der Waals surface area (Å²) in [5.41, 5.74) is 1.59. The fourth-order valence-corrected chi connectivity index (χ4v) is 5.68. The molecule has 0 saturated heterocycles. The number of halogens is 1. The van der Waals surface area contributed by atoms with Crippen LogP contribution < -0.4 is 10.6 Å². The lowest BCUT2D eigenvalue weighted by Crippen LogP contribution is -2.52. The first-order valence-corrected chi connectivity index (χ1v) is 9.09. The Labute approximate surface area is 162 Å². The largest absolute Gasteiger partial charge is 0.356 e. The van der Waals surface area contributed by atoms with E-state index in [4.69, 9.17) is 0 Å². The van der Waals surface area contributed by atoms with Crippen LogP contribution in [0.1, 0.15) is 44.2 Å². The van der Waals surface area contributed by atoms with Crippen molar-refractivity contribution in [1.82, 2.24) is 15.6 Å². The molecule has 1 aromatic heterocycles. The van der Waals surface area contributed by atoms with Gasteiger partial charge >= 0.3 is 0 Å². The van der Waals surface area contributed by atoms with E-state index in [0.29, 0.717) is 5.41 Å². The summed E-state index contributed by atoms with van der Waals surface area (Å²) in [7, 11) is 1.85. The van der Waals surface area contributed by atoms with E-state index < -0.39 is 0 Å². The molecule has 0 aliphatic heterocycles. The van der Waals surface area contributed by atoms with Gasteiger partial charge in [0.15, 0.2) is 5.96 Å². The minimum absolute atomic E-state index is 0. The topological polar surface area (TPSA) is 49.3 Å². The molecule has 5 heteroatoms. The first-order chi connectivity index (χ1) is 11.2. The third-order valence-electron chi connectivity index (χ3n) is 6.18. The summed E-state index contributed by atoms with van der Waals surface area (Å²) in [5, 5.41) is 7.00. The maximum Gasteiger partial charge on any atom is 0.191 e. The second-order valence-corrected chi connectivity index (χ2v) is 8.02. The Morgan fingerprint density at radius 3 is 2.33 bits per heavy atom. The van der Waals surface area contributed by atoms with Gasteiger partial charge in [-0.15, -0.1) is 24.0 Å². The van der Waals surface area contributed by atoms with Crippen LogP contribution in [0.25, 0.3) is 0 Å². The van der Waals surface area contributed by atoms with Gasteiger partial charge in [0.2, 0.25) is 0 Å². The molecule has 1 heterocycles. The third kappa shape index (κ3) is 3.86. The molecule has 4 saturated carbocycles. The van der Waals surface area contributed by atoms with Crippen LogP contribution in [-0.2, 0) is 6.54 Å². The molecule has 24 heavy (non-hydrogen) atoms. The zero-order chi connectivity index (χ0) is 15.7. The third-order valence-corrected chi connectivity index (χ3v) is 6.18. The van der Waals surface area contributed by atoms with Gasteiger partial charge < -0.3 is 10.6 Å². The van der Waals surface area contributed by atoms with Crippen molar-refractivity contribution in [3.05, 3.63) is 30.1 Å². The molecular weight excluding hydrogens is 411 g/mol. The number of hydrogen-bond acceptors (Lipinski definition) is 2. The SMILES string of the molecule is CN=C(NCc1ccccn1)NCC12CC3CC(CC(C3)C1)C2.I. The number of aliphatic imine (C=N–C) groups is 1. The standard InChI is InChI=1S/C19H28N4.HI/c1-20-18(22-12-17-4-2-3-5-21-17)23-13-19-9-14-6-15(10-19)8-16(7-14)11-19;/h2-5,14-16H,6-13H2,1H3,(H2,20,22,23);1H. The predicted molar refractivity (Wildman–Crippen MR) is 108 cm³/mol. The number of nitrogens with one attached hydrogen (secondary N) is 2. The second kappa shape index (κ2) is 7.58. The molecular formula is C19H29IN4. The fourth-order valence-electron chi connectivity index (χ4n) is 5.68. The van der Waals surface area contributed by atoms with Gasteiger partial charge in [0.1, 0.15) is 0 Å². The number of rotatable bonds is 4. The lowest BCUT2D eigenvalue weighted by Gasteiger charge is -2.57. The summed E-state index contributed by atoms with van der Waals surface area (Å²) in [6.07, 6.45) is 10.7. The summed E-state index contributed by atoms with van der Waals surface area (Å²) >= 11 is 0. The highest BCUT2D eigenvalue weighted by Crippen LogP contribution is 2.59. The molecule has 1 aromatic rings. The van der Waals surface area contributed by atoms with E-state index in [1.54, 1.807) is 0 Å². The summed E-state index contributed by atoms with van der Waals surface area (Å²) in [4.78, 5) is 8.74. The summed E-state index contributed by atoms with van der Waals surface area (Å²) in [5.74, 6) is 3.93. The molecule has 4 aliphatic rings. The van der Waals surface area contributed by atoms with Gasteiger partial charge in [-0.05, 0) is 73.8 Å². The van der Waals surface area contributed by atoms with Crippen LogP contribution in [0, 0.1) is 23.2 Å². The highest BCUT2D eigenvalue weighted by atomic mass is 127. The highest BCUT2D eigenvalue weighted by molar-refractivity contribution is 14.0. The van der Waals surface area contributed by atoms with Crippen LogP contribution in [0.2, 0.25) is 0 Å². The maximum absolute atomic E-state index is 4.39. The molecule has 4 aliphatic carbocycles.